The standard InChI is InChI=1S/C12H16BrNO4/c1-18-10-6-8(5-9(13)12(10)17)7-14-4-2-3-11(15)16/h5-6,14,17H,2-4,7H2,1H3,(H,15,16). The van der Waals surface area contributed by atoms with E-state index in [1.807, 2.05) is 0 Å². The first-order valence-corrected chi connectivity index (χ1v) is 6.31. The molecule has 18 heavy (non-hydrogen) atoms. The second-order valence-corrected chi connectivity index (χ2v) is 4.66. The smallest absolute Gasteiger partial charge is 0.303 e. The Kier molecular flexibility index (Phi) is 5.94. The molecule has 6 heteroatoms. The van der Waals surface area contributed by atoms with Gasteiger partial charge in [-0.1, -0.05) is 0 Å². The Morgan fingerprint density at radius 2 is 2.22 bits per heavy atom. The lowest BCUT2D eigenvalue weighted by Gasteiger charge is -2.09. The van der Waals surface area contributed by atoms with E-state index in [9.17, 15) is 9.90 Å². The van der Waals surface area contributed by atoms with Crippen LogP contribution in [0.2, 0.25) is 0 Å². The van der Waals surface area contributed by atoms with Crippen molar-refractivity contribution >= 4 is 21.9 Å². The molecule has 0 aliphatic heterocycles. The number of carboxylic acids is 1. The number of methoxy groups -OCH3 is 1. The predicted molar refractivity (Wildman–Crippen MR) is 70.9 cm³/mol. The Hall–Kier alpha value is -1.27. The molecule has 0 spiro atoms. The van der Waals surface area contributed by atoms with Crippen LogP contribution >= 0.6 is 15.9 Å². The van der Waals surface area contributed by atoms with E-state index < -0.39 is 5.97 Å². The molecule has 0 radical (unpaired) electrons. The quantitative estimate of drug-likeness (QED) is 0.671. The van der Waals surface area contributed by atoms with Crippen molar-refractivity contribution in [2.45, 2.75) is 19.4 Å². The maximum atomic E-state index is 10.3. The van der Waals surface area contributed by atoms with Crippen molar-refractivity contribution in [2.24, 2.45) is 0 Å². The summed E-state index contributed by atoms with van der Waals surface area (Å²) in [7, 11) is 1.49. The van der Waals surface area contributed by atoms with Gasteiger partial charge in [-0.2, -0.15) is 0 Å². The monoisotopic (exact) mass is 317 g/mol. The predicted octanol–water partition coefficient (Wildman–Crippen LogP) is 2.12. The fourth-order valence-electron chi connectivity index (χ4n) is 1.48. The second-order valence-electron chi connectivity index (χ2n) is 3.80. The van der Waals surface area contributed by atoms with Gasteiger partial charge in [0.1, 0.15) is 0 Å². The zero-order valence-corrected chi connectivity index (χ0v) is 11.7. The molecule has 100 valence electrons. The van der Waals surface area contributed by atoms with Crippen LogP contribution in [0.1, 0.15) is 18.4 Å². The Balaban J connectivity index is 2.47. The number of phenolic OH excluding ortho intramolecular Hbond substituents is 1. The van der Waals surface area contributed by atoms with Gasteiger partial charge < -0.3 is 20.3 Å². The number of halogens is 1. The van der Waals surface area contributed by atoms with Gasteiger partial charge in [0.05, 0.1) is 11.6 Å². The lowest BCUT2D eigenvalue weighted by Crippen LogP contribution is -2.15. The maximum Gasteiger partial charge on any atom is 0.303 e. The molecule has 0 unspecified atom stereocenters. The Bertz CT molecular complexity index is 423. The number of hydrogen-bond acceptors (Lipinski definition) is 4. The first-order chi connectivity index (χ1) is 8.54. The highest BCUT2D eigenvalue weighted by molar-refractivity contribution is 9.10. The van der Waals surface area contributed by atoms with Crippen LogP contribution in [0, 0.1) is 0 Å². The van der Waals surface area contributed by atoms with Gasteiger partial charge in [-0.05, 0) is 46.6 Å². The normalized spacial score (nSPS) is 10.3. The van der Waals surface area contributed by atoms with Crippen LogP contribution in [0.4, 0.5) is 0 Å². The second kappa shape index (κ2) is 7.23. The van der Waals surface area contributed by atoms with E-state index in [1.165, 1.54) is 7.11 Å². The molecule has 0 saturated carbocycles. The zero-order chi connectivity index (χ0) is 13.5. The number of hydrogen-bond donors (Lipinski definition) is 3. The summed E-state index contributed by atoms with van der Waals surface area (Å²) in [5.74, 6) is -0.301. The minimum Gasteiger partial charge on any atom is -0.503 e. The zero-order valence-electron chi connectivity index (χ0n) is 10.1. The van der Waals surface area contributed by atoms with Gasteiger partial charge >= 0.3 is 5.97 Å². The molecule has 0 saturated heterocycles. The minimum absolute atomic E-state index is 0.0760. The van der Waals surface area contributed by atoms with Gasteiger partial charge in [-0.25, -0.2) is 0 Å². The van der Waals surface area contributed by atoms with Crippen LogP contribution in [0.15, 0.2) is 16.6 Å². The molecule has 0 amide bonds. The molecule has 0 heterocycles. The van der Waals surface area contributed by atoms with E-state index in [-0.39, 0.29) is 12.2 Å². The number of aromatic hydroxyl groups is 1. The van der Waals surface area contributed by atoms with E-state index in [2.05, 4.69) is 21.2 Å². The molecule has 0 bridgehead atoms. The number of aliphatic carboxylic acids is 1. The number of benzene rings is 1. The minimum atomic E-state index is -0.786. The van der Waals surface area contributed by atoms with Crippen molar-refractivity contribution < 1.29 is 19.7 Å². The van der Waals surface area contributed by atoms with Crippen LogP contribution in [0.5, 0.6) is 11.5 Å². The lowest BCUT2D eigenvalue weighted by atomic mass is 10.2. The summed E-state index contributed by atoms with van der Waals surface area (Å²) in [6.07, 6.45) is 0.751. The molecule has 1 aromatic rings. The van der Waals surface area contributed by atoms with Crippen molar-refractivity contribution in [1.29, 1.82) is 0 Å². The average Bonchev–Trinajstić information content (AvgIpc) is 2.32. The van der Waals surface area contributed by atoms with Crippen molar-refractivity contribution in [1.82, 2.24) is 5.32 Å². The van der Waals surface area contributed by atoms with E-state index in [1.54, 1.807) is 12.1 Å². The molecule has 1 rings (SSSR count). The molecular formula is C12H16BrNO4. The molecule has 0 aliphatic rings. The molecule has 0 aliphatic carbocycles. The molecule has 3 N–H and O–H groups in total. The Morgan fingerprint density at radius 1 is 1.50 bits per heavy atom. The summed E-state index contributed by atoms with van der Waals surface area (Å²) in [4.78, 5) is 10.3. The number of rotatable bonds is 7. The fourth-order valence-corrected chi connectivity index (χ4v) is 1.97. The van der Waals surface area contributed by atoms with Gasteiger partial charge in [-0.3, -0.25) is 4.79 Å². The van der Waals surface area contributed by atoms with E-state index >= 15 is 0 Å². The van der Waals surface area contributed by atoms with E-state index in [0.29, 0.717) is 29.7 Å². The van der Waals surface area contributed by atoms with E-state index in [0.717, 1.165) is 5.56 Å². The highest BCUT2D eigenvalue weighted by Crippen LogP contribution is 2.35. The Morgan fingerprint density at radius 3 is 2.83 bits per heavy atom. The highest BCUT2D eigenvalue weighted by atomic mass is 79.9. The van der Waals surface area contributed by atoms with Crippen LogP contribution in [0.3, 0.4) is 0 Å². The lowest BCUT2D eigenvalue weighted by molar-refractivity contribution is -0.137. The molecule has 1 aromatic carbocycles. The average molecular weight is 318 g/mol. The summed E-state index contributed by atoms with van der Waals surface area (Å²) in [5, 5.41) is 21.3. The third kappa shape index (κ3) is 4.54. The third-order valence-electron chi connectivity index (χ3n) is 2.38. The number of nitrogens with one attached hydrogen (secondary N) is 1. The number of phenols is 1. The molecule has 5 nitrogen and oxygen atoms in total. The van der Waals surface area contributed by atoms with Crippen LogP contribution in [-0.2, 0) is 11.3 Å². The molecule has 0 atom stereocenters. The number of carboxylic acid groups (broad SMARTS) is 1. The van der Waals surface area contributed by atoms with Crippen LogP contribution in [0.25, 0.3) is 0 Å². The number of carbonyl (C=O) groups is 1. The maximum absolute atomic E-state index is 10.3. The summed E-state index contributed by atoms with van der Waals surface area (Å²) < 4.78 is 5.61. The fraction of sp³-hybridized carbons (Fsp3) is 0.417. The van der Waals surface area contributed by atoms with Crippen molar-refractivity contribution in [3.05, 3.63) is 22.2 Å². The first kappa shape index (κ1) is 14.8. The van der Waals surface area contributed by atoms with Crippen molar-refractivity contribution in [3.8, 4) is 11.5 Å². The number of ether oxygens (including phenoxy) is 1. The van der Waals surface area contributed by atoms with Crippen LogP contribution < -0.4 is 10.1 Å². The summed E-state index contributed by atoms with van der Waals surface area (Å²) in [6, 6.07) is 3.53. The van der Waals surface area contributed by atoms with E-state index in [4.69, 9.17) is 9.84 Å². The Labute approximate surface area is 114 Å². The van der Waals surface area contributed by atoms with Gasteiger partial charge in [0.25, 0.3) is 0 Å². The van der Waals surface area contributed by atoms with Gasteiger partial charge in [0, 0.05) is 13.0 Å². The SMILES string of the molecule is COc1cc(CNCCCC(=O)O)cc(Br)c1O. The largest absolute Gasteiger partial charge is 0.503 e. The van der Waals surface area contributed by atoms with Gasteiger partial charge in [0.15, 0.2) is 11.5 Å². The molecule has 0 fully saturated rings. The van der Waals surface area contributed by atoms with Crippen molar-refractivity contribution in [3.63, 3.8) is 0 Å². The summed E-state index contributed by atoms with van der Waals surface area (Å²) >= 11 is 3.24. The van der Waals surface area contributed by atoms with Gasteiger partial charge in [0.2, 0.25) is 0 Å². The third-order valence-corrected chi connectivity index (χ3v) is 2.99. The summed E-state index contributed by atoms with van der Waals surface area (Å²) in [6.45, 7) is 1.22. The van der Waals surface area contributed by atoms with Crippen LogP contribution in [-0.4, -0.2) is 29.8 Å². The molecule has 0 aromatic heterocycles. The topological polar surface area (TPSA) is 78.8 Å². The highest BCUT2D eigenvalue weighted by Gasteiger charge is 2.08. The van der Waals surface area contributed by atoms with Crippen molar-refractivity contribution in [2.75, 3.05) is 13.7 Å². The first-order valence-electron chi connectivity index (χ1n) is 5.52. The summed E-state index contributed by atoms with van der Waals surface area (Å²) in [5.41, 5.74) is 0.951. The molecular weight excluding hydrogens is 302 g/mol. The van der Waals surface area contributed by atoms with Gasteiger partial charge in [-0.15, -0.1) is 0 Å².